The van der Waals surface area contributed by atoms with Crippen molar-refractivity contribution >= 4 is 11.8 Å². The van der Waals surface area contributed by atoms with Crippen LogP contribution in [-0.2, 0) is 21.4 Å². The van der Waals surface area contributed by atoms with E-state index in [4.69, 9.17) is 4.42 Å². The van der Waals surface area contributed by atoms with Gasteiger partial charge in [0.15, 0.2) is 0 Å². The monoisotopic (exact) mass is 432 g/mol. The summed E-state index contributed by atoms with van der Waals surface area (Å²) in [6.45, 7) is 6.06. The summed E-state index contributed by atoms with van der Waals surface area (Å²) in [5.74, 6) is 1.05. The van der Waals surface area contributed by atoms with Gasteiger partial charge in [-0.25, -0.2) is 0 Å². The number of nitrogens with zero attached hydrogens (tertiary/aromatic N) is 4. The van der Waals surface area contributed by atoms with Gasteiger partial charge in [-0.15, -0.1) is 10.2 Å². The molecule has 0 radical (unpaired) electrons. The molecule has 3 aromatic rings. The van der Waals surface area contributed by atoms with Gasteiger partial charge in [-0.1, -0.05) is 48.5 Å². The van der Waals surface area contributed by atoms with Gasteiger partial charge in [0.1, 0.15) is 0 Å². The Hall–Kier alpha value is -3.48. The Kier molecular flexibility index (Phi) is 6.35. The van der Waals surface area contributed by atoms with Gasteiger partial charge < -0.3 is 14.2 Å². The molecule has 7 heteroatoms. The van der Waals surface area contributed by atoms with Crippen LogP contribution in [-0.4, -0.2) is 58.0 Å². The van der Waals surface area contributed by atoms with E-state index in [9.17, 15) is 9.59 Å². The minimum Gasteiger partial charge on any atom is -0.421 e. The normalized spacial score (nSPS) is 14.4. The lowest BCUT2D eigenvalue weighted by Crippen LogP contribution is -2.54. The molecule has 1 saturated heterocycles. The maximum atomic E-state index is 13.1. The first-order chi connectivity index (χ1) is 15.4. The molecule has 7 nitrogen and oxygen atoms in total. The number of amides is 2. The number of hydrogen-bond donors (Lipinski definition) is 0. The summed E-state index contributed by atoms with van der Waals surface area (Å²) in [5, 5.41) is 8.13. The third-order valence-electron chi connectivity index (χ3n) is 5.99. The van der Waals surface area contributed by atoms with Crippen molar-refractivity contribution in [2.24, 2.45) is 0 Å². The Morgan fingerprint density at radius 1 is 0.875 bits per heavy atom. The van der Waals surface area contributed by atoms with Gasteiger partial charge in [0.2, 0.25) is 23.6 Å². The van der Waals surface area contributed by atoms with Gasteiger partial charge in [0, 0.05) is 44.6 Å². The molecule has 1 fully saturated rings. The van der Waals surface area contributed by atoms with E-state index in [2.05, 4.69) is 10.2 Å². The number of carbonyl (C=O) groups is 2. The molecule has 1 aromatic heterocycles. The Balaban J connectivity index is 1.28. The van der Waals surface area contributed by atoms with Crippen molar-refractivity contribution in [1.82, 2.24) is 20.0 Å². The number of aromatic nitrogens is 2. The standard InChI is InChI=1S/C25H28N4O3/c1-25(2,20-11-7-4-8-12-20)24(31)29-17-15-28(16-18-29)22(30)14-13-21-26-27-23(32-21)19-9-5-3-6-10-19/h3-12H,13-18H2,1-2H3. The van der Waals surface area contributed by atoms with Crippen molar-refractivity contribution in [3.05, 3.63) is 72.1 Å². The zero-order chi connectivity index (χ0) is 22.6. The number of carbonyl (C=O) groups excluding carboxylic acids is 2. The minimum atomic E-state index is -0.595. The average Bonchev–Trinajstić information content (AvgIpc) is 3.32. The molecule has 2 aromatic carbocycles. The van der Waals surface area contributed by atoms with Gasteiger partial charge in [-0.05, 0) is 31.5 Å². The molecule has 1 aliphatic rings. The van der Waals surface area contributed by atoms with E-state index in [1.165, 1.54) is 0 Å². The summed E-state index contributed by atoms with van der Waals surface area (Å²) >= 11 is 0. The van der Waals surface area contributed by atoms with Crippen molar-refractivity contribution in [2.45, 2.75) is 32.1 Å². The summed E-state index contributed by atoms with van der Waals surface area (Å²) in [5.41, 5.74) is 1.26. The van der Waals surface area contributed by atoms with Crippen molar-refractivity contribution in [3.63, 3.8) is 0 Å². The Morgan fingerprint density at radius 3 is 2.12 bits per heavy atom. The number of benzene rings is 2. The summed E-state index contributed by atoms with van der Waals surface area (Å²) in [6.07, 6.45) is 0.707. The molecule has 0 N–H and O–H groups in total. The second kappa shape index (κ2) is 9.34. The van der Waals surface area contributed by atoms with Crippen LogP contribution in [0.3, 0.4) is 0 Å². The molecule has 0 atom stereocenters. The van der Waals surface area contributed by atoms with E-state index in [0.717, 1.165) is 11.1 Å². The molecule has 2 heterocycles. The minimum absolute atomic E-state index is 0.0406. The summed E-state index contributed by atoms with van der Waals surface area (Å²) < 4.78 is 5.69. The van der Waals surface area contributed by atoms with Crippen molar-refractivity contribution in [3.8, 4) is 11.5 Å². The first kappa shape index (κ1) is 21.7. The molecule has 0 spiro atoms. The molecule has 166 valence electrons. The maximum Gasteiger partial charge on any atom is 0.247 e. The second-order valence-corrected chi connectivity index (χ2v) is 8.53. The first-order valence-corrected chi connectivity index (χ1v) is 11.0. The largest absolute Gasteiger partial charge is 0.421 e. The van der Waals surface area contributed by atoms with Crippen LogP contribution in [0.4, 0.5) is 0 Å². The molecule has 32 heavy (non-hydrogen) atoms. The fourth-order valence-electron chi connectivity index (χ4n) is 3.96. The lowest BCUT2D eigenvalue weighted by molar-refractivity contribution is -0.142. The van der Waals surface area contributed by atoms with E-state index >= 15 is 0 Å². The molecule has 0 bridgehead atoms. The zero-order valence-electron chi connectivity index (χ0n) is 18.5. The summed E-state index contributed by atoms with van der Waals surface area (Å²) in [7, 11) is 0. The SMILES string of the molecule is CC(C)(C(=O)N1CCN(C(=O)CCc2nnc(-c3ccccc3)o2)CC1)c1ccccc1. The third-order valence-corrected chi connectivity index (χ3v) is 5.99. The third kappa shape index (κ3) is 4.72. The van der Waals surface area contributed by atoms with Crippen molar-refractivity contribution < 1.29 is 14.0 Å². The summed E-state index contributed by atoms with van der Waals surface area (Å²) in [4.78, 5) is 29.5. The Bertz CT molecular complexity index is 1060. The van der Waals surface area contributed by atoms with E-state index in [1.807, 2.05) is 84.3 Å². The molecule has 4 rings (SSSR count). The van der Waals surface area contributed by atoms with E-state index in [0.29, 0.717) is 50.8 Å². The topological polar surface area (TPSA) is 79.5 Å². The van der Waals surface area contributed by atoms with Crippen molar-refractivity contribution in [1.29, 1.82) is 0 Å². The highest BCUT2D eigenvalue weighted by Crippen LogP contribution is 2.26. The molecular formula is C25H28N4O3. The lowest BCUT2D eigenvalue weighted by atomic mass is 9.83. The number of piperazine rings is 1. The average molecular weight is 433 g/mol. The number of hydrogen-bond acceptors (Lipinski definition) is 5. The highest BCUT2D eigenvalue weighted by molar-refractivity contribution is 5.87. The predicted octanol–water partition coefficient (Wildman–Crippen LogP) is 3.32. The second-order valence-electron chi connectivity index (χ2n) is 8.53. The molecule has 2 amide bonds. The van der Waals surface area contributed by atoms with Crippen molar-refractivity contribution in [2.75, 3.05) is 26.2 Å². The number of aryl methyl sites for hydroxylation is 1. The Labute approximate surface area is 188 Å². The fourth-order valence-corrected chi connectivity index (χ4v) is 3.96. The van der Waals surface area contributed by atoms with Gasteiger partial charge in [0.05, 0.1) is 5.41 Å². The molecule has 1 aliphatic heterocycles. The van der Waals surface area contributed by atoms with Crippen LogP contribution in [0.5, 0.6) is 0 Å². The predicted molar refractivity (Wildman–Crippen MR) is 121 cm³/mol. The Morgan fingerprint density at radius 2 is 1.47 bits per heavy atom. The first-order valence-electron chi connectivity index (χ1n) is 11.0. The van der Waals surface area contributed by atoms with Gasteiger partial charge in [-0.3, -0.25) is 9.59 Å². The van der Waals surface area contributed by atoms with E-state index < -0.39 is 5.41 Å². The van der Waals surface area contributed by atoms with Crippen LogP contribution in [0.1, 0.15) is 31.7 Å². The molecule has 0 aliphatic carbocycles. The van der Waals surface area contributed by atoms with Crippen LogP contribution in [0.15, 0.2) is 65.1 Å². The fraction of sp³-hybridized carbons (Fsp3) is 0.360. The number of rotatable bonds is 6. The molecule has 0 unspecified atom stereocenters. The van der Waals surface area contributed by atoms with Crippen LogP contribution in [0, 0.1) is 0 Å². The van der Waals surface area contributed by atoms with Crippen LogP contribution in [0.2, 0.25) is 0 Å². The molecular weight excluding hydrogens is 404 g/mol. The quantitative estimate of drug-likeness (QED) is 0.597. The van der Waals surface area contributed by atoms with Crippen LogP contribution < -0.4 is 0 Å². The van der Waals surface area contributed by atoms with Crippen LogP contribution >= 0.6 is 0 Å². The van der Waals surface area contributed by atoms with Gasteiger partial charge in [-0.2, -0.15) is 0 Å². The lowest BCUT2D eigenvalue weighted by Gasteiger charge is -2.38. The maximum absolute atomic E-state index is 13.1. The highest BCUT2D eigenvalue weighted by atomic mass is 16.4. The van der Waals surface area contributed by atoms with E-state index in [1.54, 1.807) is 0 Å². The van der Waals surface area contributed by atoms with E-state index in [-0.39, 0.29) is 11.8 Å². The highest BCUT2D eigenvalue weighted by Gasteiger charge is 2.35. The van der Waals surface area contributed by atoms with Gasteiger partial charge >= 0.3 is 0 Å². The summed E-state index contributed by atoms with van der Waals surface area (Å²) in [6, 6.07) is 19.4. The van der Waals surface area contributed by atoms with Crippen LogP contribution in [0.25, 0.3) is 11.5 Å². The zero-order valence-corrected chi connectivity index (χ0v) is 18.5. The smallest absolute Gasteiger partial charge is 0.247 e. The van der Waals surface area contributed by atoms with Gasteiger partial charge in [0.25, 0.3) is 0 Å². The molecule has 0 saturated carbocycles.